The van der Waals surface area contributed by atoms with Crippen molar-refractivity contribution in [2.24, 2.45) is 17.4 Å². The van der Waals surface area contributed by atoms with E-state index < -0.39 is 60.2 Å². The van der Waals surface area contributed by atoms with Gasteiger partial charge in [0.1, 0.15) is 18.1 Å². The highest BCUT2D eigenvalue weighted by Crippen LogP contribution is 2.20. The maximum Gasteiger partial charge on any atom is 0.326 e. The Morgan fingerprint density at radius 2 is 1.94 bits per heavy atom. The van der Waals surface area contributed by atoms with Crippen molar-refractivity contribution in [2.75, 3.05) is 6.54 Å². The van der Waals surface area contributed by atoms with Crippen LogP contribution in [0.25, 0.3) is 0 Å². The molecule has 13 heteroatoms. The molecule has 33 heavy (non-hydrogen) atoms. The zero-order chi connectivity index (χ0) is 24.7. The maximum atomic E-state index is 13.0. The number of likely N-dealkylation sites (tertiary alicyclic amines) is 1. The molecule has 1 fully saturated rings. The molecule has 1 aromatic heterocycles. The molecule has 1 saturated heterocycles. The summed E-state index contributed by atoms with van der Waals surface area (Å²) >= 11 is 0. The second kappa shape index (κ2) is 11.4. The van der Waals surface area contributed by atoms with Crippen molar-refractivity contribution < 1.29 is 29.1 Å². The fraction of sp³-hybridized carbons (Fsp3) is 0.600. The van der Waals surface area contributed by atoms with Crippen molar-refractivity contribution in [3.8, 4) is 0 Å². The number of H-pyrrole nitrogens is 1. The first-order valence-electron chi connectivity index (χ1n) is 10.7. The number of rotatable bonds is 11. The number of nitrogens with one attached hydrogen (secondary N) is 3. The van der Waals surface area contributed by atoms with Crippen LogP contribution in [0.2, 0.25) is 0 Å². The number of aliphatic carboxylic acids is 1. The minimum atomic E-state index is -1.36. The molecule has 1 aliphatic rings. The summed E-state index contributed by atoms with van der Waals surface area (Å²) in [6.07, 6.45) is 3.42. The van der Waals surface area contributed by atoms with Crippen LogP contribution in [-0.4, -0.2) is 80.3 Å². The van der Waals surface area contributed by atoms with Crippen LogP contribution in [0.3, 0.4) is 0 Å². The molecular weight excluding hydrogens is 434 g/mol. The van der Waals surface area contributed by atoms with Crippen LogP contribution in [0.4, 0.5) is 0 Å². The van der Waals surface area contributed by atoms with Crippen molar-refractivity contribution in [1.29, 1.82) is 0 Å². The molecule has 13 nitrogen and oxygen atoms in total. The minimum absolute atomic E-state index is 0.120. The number of carboxylic acid groups (broad SMARTS) is 1. The number of nitrogens with two attached hydrogens (primary N) is 2. The van der Waals surface area contributed by atoms with E-state index in [0.29, 0.717) is 18.5 Å². The Labute approximate surface area is 190 Å². The van der Waals surface area contributed by atoms with Gasteiger partial charge in [-0.25, -0.2) is 9.78 Å². The standard InChI is InChI=1S/C20H31N7O6/c1-10(2)16(19(31)27-5-3-4-14(27)20(32)33)26-18(30)13(7-15(22)28)25-17(29)12(21)6-11-8-23-9-24-11/h8-10,12-14,16H,3-7,21H2,1-2H3,(H2,22,28)(H,23,24)(H,25,29)(H,26,30)(H,32,33). The highest BCUT2D eigenvalue weighted by Gasteiger charge is 2.39. The third kappa shape index (κ3) is 7.00. The van der Waals surface area contributed by atoms with E-state index in [-0.39, 0.29) is 18.9 Å². The normalized spacial score (nSPS) is 18.4. The van der Waals surface area contributed by atoms with Crippen molar-refractivity contribution in [2.45, 2.75) is 63.7 Å². The Hall–Kier alpha value is -3.48. The molecule has 4 atom stereocenters. The first-order chi connectivity index (χ1) is 15.5. The molecule has 2 rings (SSSR count). The van der Waals surface area contributed by atoms with Crippen molar-refractivity contribution in [1.82, 2.24) is 25.5 Å². The molecule has 8 N–H and O–H groups in total. The van der Waals surface area contributed by atoms with Crippen LogP contribution in [0.15, 0.2) is 12.5 Å². The van der Waals surface area contributed by atoms with Gasteiger partial charge in [0, 0.05) is 24.9 Å². The van der Waals surface area contributed by atoms with E-state index in [1.807, 2.05) is 0 Å². The van der Waals surface area contributed by atoms with Gasteiger partial charge in [-0.05, 0) is 18.8 Å². The minimum Gasteiger partial charge on any atom is -0.480 e. The fourth-order valence-electron chi connectivity index (χ4n) is 3.65. The number of primary amides is 1. The second-order valence-electron chi connectivity index (χ2n) is 8.38. The largest absolute Gasteiger partial charge is 0.480 e. The molecule has 1 aromatic rings. The fourth-order valence-corrected chi connectivity index (χ4v) is 3.65. The number of carboxylic acids is 1. The van der Waals surface area contributed by atoms with Gasteiger partial charge in [0.25, 0.3) is 0 Å². The number of aromatic amines is 1. The third-order valence-electron chi connectivity index (χ3n) is 5.42. The predicted octanol–water partition coefficient (Wildman–Crippen LogP) is -2.14. The Kier molecular flexibility index (Phi) is 8.91. The average molecular weight is 466 g/mol. The van der Waals surface area contributed by atoms with Crippen LogP contribution in [0, 0.1) is 5.92 Å². The van der Waals surface area contributed by atoms with Crippen molar-refractivity contribution in [3.05, 3.63) is 18.2 Å². The summed E-state index contributed by atoms with van der Waals surface area (Å²) < 4.78 is 0. The molecule has 0 aromatic carbocycles. The monoisotopic (exact) mass is 465 g/mol. The number of carbonyl (C=O) groups excluding carboxylic acids is 4. The van der Waals surface area contributed by atoms with Gasteiger partial charge >= 0.3 is 5.97 Å². The number of hydrogen-bond acceptors (Lipinski definition) is 7. The lowest BCUT2D eigenvalue weighted by atomic mass is 10.0. The quantitative estimate of drug-likeness (QED) is 0.211. The van der Waals surface area contributed by atoms with Gasteiger partial charge in [-0.1, -0.05) is 13.8 Å². The van der Waals surface area contributed by atoms with E-state index in [1.54, 1.807) is 13.8 Å². The zero-order valence-corrected chi connectivity index (χ0v) is 18.6. The molecular formula is C20H31N7O6. The van der Waals surface area contributed by atoms with E-state index in [0.717, 1.165) is 0 Å². The third-order valence-corrected chi connectivity index (χ3v) is 5.42. The summed E-state index contributed by atoms with van der Waals surface area (Å²) in [6, 6.07) is -4.40. The Bertz CT molecular complexity index is 872. The predicted molar refractivity (Wildman–Crippen MR) is 115 cm³/mol. The molecule has 0 spiro atoms. The maximum absolute atomic E-state index is 13.0. The number of carbonyl (C=O) groups is 5. The lowest BCUT2D eigenvalue weighted by Crippen LogP contribution is -2.59. The highest BCUT2D eigenvalue weighted by atomic mass is 16.4. The summed E-state index contributed by atoms with van der Waals surface area (Å²) in [7, 11) is 0. The topological polar surface area (TPSA) is 214 Å². The first kappa shape index (κ1) is 25.8. The molecule has 0 saturated carbocycles. The lowest BCUT2D eigenvalue weighted by molar-refractivity contribution is -0.150. The molecule has 0 radical (unpaired) electrons. The smallest absolute Gasteiger partial charge is 0.326 e. The molecule has 1 aliphatic heterocycles. The molecule has 0 bridgehead atoms. The summed E-state index contributed by atoms with van der Waals surface area (Å²) in [5, 5.41) is 14.3. The Morgan fingerprint density at radius 1 is 1.24 bits per heavy atom. The van der Waals surface area contributed by atoms with E-state index in [1.165, 1.54) is 17.4 Å². The Balaban J connectivity index is 2.10. The zero-order valence-electron chi connectivity index (χ0n) is 18.6. The lowest BCUT2D eigenvalue weighted by Gasteiger charge is -2.30. The molecule has 182 valence electrons. The second-order valence-corrected chi connectivity index (χ2v) is 8.38. The summed E-state index contributed by atoms with van der Waals surface area (Å²) in [6.45, 7) is 3.64. The first-order valence-corrected chi connectivity index (χ1v) is 10.7. The molecule has 0 aliphatic carbocycles. The number of aromatic nitrogens is 2. The average Bonchev–Trinajstić information content (AvgIpc) is 3.42. The van der Waals surface area contributed by atoms with Gasteiger partial charge in [0.15, 0.2) is 0 Å². The van der Waals surface area contributed by atoms with Gasteiger partial charge in [-0.15, -0.1) is 0 Å². The van der Waals surface area contributed by atoms with E-state index in [2.05, 4.69) is 20.6 Å². The summed E-state index contributed by atoms with van der Waals surface area (Å²) in [5.74, 6) is -4.36. The van der Waals surface area contributed by atoms with Gasteiger partial charge in [-0.3, -0.25) is 19.2 Å². The molecule has 4 amide bonds. The summed E-state index contributed by atoms with van der Waals surface area (Å²) in [5.41, 5.74) is 11.7. The molecule has 2 heterocycles. The van der Waals surface area contributed by atoms with Crippen LogP contribution in [0.5, 0.6) is 0 Å². The van der Waals surface area contributed by atoms with Crippen LogP contribution >= 0.6 is 0 Å². The number of hydrogen-bond donors (Lipinski definition) is 6. The van der Waals surface area contributed by atoms with Crippen LogP contribution in [0.1, 0.15) is 38.8 Å². The van der Waals surface area contributed by atoms with Crippen LogP contribution in [-0.2, 0) is 30.4 Å². The SMILES string of the molecule is CC(C)C(NC(=O)C(CC(N)=O)NC(=O)C(N)Cc1cnc[nH]1)C(=O)N1CCCC1C(=O)O. The van der Waals surface area contributed by atoms with E-state index in [4.69, 9.17) is 11.5 Å². The van der Waals surface area contributed by atoms with Gasteiger partial charge < -0.3 is 37.1 Å². The van der Waals surface area contributed by atoms with E-state index in [9.17, 15) is 29.1 Å². The number of imidazole rings is 1. The van der Waals surface area contributed by atoms with Crippen molar-refractivity contribution >= 4 is 29.6 Å². The highest BCUT2D eigenvalue weighted by molar-refractivity contribution is 5.96. The van der Waals surface area contributed by atoms with E-state index >= 15 is 0 Å². The van der Waals surface area contributed by atoms with Gasteiger partial charge in [0.05, 0.1) is 18.8 Å². The van der Waals surface area contributed by atoms with Crippen LogP contribution < -0.4 is 22.1 Å². The van der Waals surface area contributed by atoms with Crippen molar-refractivity contribution in [3.63, 3.8) is 0 Å². The number of amides is 4. The van der Waals surface area contributed by atoms with Gasteiger partial charge in [0.2, 0.25) is 23.6 Å². The Morgan fingerprint density at radius 3 is 2.48 bits per heavy atom. The summed E-state index contributed by atoms with van der Waals surface area (Å²) in [4.78, 5) is 69.3. The van der Waals surface area contributed by atoms with Gasteiger partial charge in [-0.2, -0.15) is 0 Å². The molecule has 4 unspecified atom stereocenters. The number of nitrogens with zero attached hydrogens (tertiary/aromatic N) is 2.